The number of rotatable bonds is 3. The van der Waals surface area contributed by atoms with Gasteiger partial charge in [-0.25, -0.2) is 0 Å². The minimum Gasteiger partial charge on any atom is -0.497 e. The fourth-order valence-electron chi connectivity index (χ4n) is 2.58. The van der Waals surface area contributed by atoms with Gasteiger partial charge in [0.25, 0.3) is 0 Å². The molecule has 0 N–H and O–H groups in total. The van der Waals surface area contributed by atoms with E-state index in [1.165, 1.54) is 11.1 Å². The number of fused-ring (bicyclic) bond motifs is 1. The maximum Gasteiger partial charge on any atom is 0.119 e. The Labute approximate surface area is 134 Å². The van der Waals surface area contributed by atoms with E-state index in [1.54, 1.807) is 26.0 Å². The summed E-state index contributed by atoms with van der Waals surface area (Å²) in [5.41, 5.74) is 3.69. The lowest BCUT2D eigenvalue weighted by molar-refractivity contribution is 0.413. The molecule has 0 fully saturated rings. The Balaban J connectivity index is 2.04. The molecule has 0 saturated heterocycles. The second-order valence-electron chi connectivity index (χ2n) is 4.88. The second kappa shape index (κ2) is 6.08. The molecule has 1 heterocycles. The van der Waals surface area contributed by atoms with Gasteiger partial charge in [-0.05, 0) is 41.5 Å². The van der Waals surface area contributed by atoms with E-state index in [9.17, 15) is 0 Å². The van der Waals surface area contributed by atoms with Crippen LogP contribution in [-0.2, 0) is 0 Å². The first-order valence-corrected chi connectivity index (χ1v) is 8.11. The lowest BCUT2D eigenvalue weighted by atomic mass is 9.89. The Morgan fingerprint density at radius 3 is 2.33 bits per heavy atom. The van der Waals surface area contributed by atoms with Crippen molar-refractivity contribution in [1.82, 2.24) is 0 Å². The van der Waals surface area contributed by atoms with Crippen molar-refractivity contribution < 1.29 is 9.47 Å². The maximum absolute atomic E-state index is 5.48. The average molecular weight is 316 g/mol. The van der Waals surface area contributed by atoms with E-state index in [1.807, 2.05) is 18.2 Å². The molecule has 0 aliphatic carbocycles. The fraction of sp³-hybridized carbons (Fsp3) is 0.235. The van der Waals surface area contributed by atoms with Crippen LogP contribution in [0.2, 0.25) is 0 Å². The zero-order chi connectivity index (χ0) is 14.8. The van der Waals surface area contributed by atoms with Gasteiger partial charge in [0.2, 0.25) is 0 Å². The molecule has 0 saturated carbocycles. The third-order valence-corrected chi connectivity index (χ3v) is 5.31. The van der Waals surface area contributed by atoms with Gasteiger partial charge in [0, 0.05) is 17.2 Å². The normalized spacial score (nSPS) is 17.2. The predicted molar refractivity (Wildman–Crippen MR) is 92.0 cm³/mol. The SMILES string of the molecule is COc1ccc(C2CSC(=S)c3ccc(OC)cc32)cc1. The molecule has 2 nitrogen and oxygen atoms in total. The molecular weight excluding hydrogens is 300 g/mol. The first kappa shape index (κ1) is 14.4. The van der Waals surface area contributed by atoms with Crippen molar-refractivity contribution >= 4 is 28.2 Å². The van der Waals surface area contributed by atoms with Crippen molar-refractivity contribution in [1.29, 1.82) is 0 Å². The van der Waals surface area contributed by atoms with Crippen LogP contribution in [0.15, 0.2) is 42.5 Å². The van der Waals surface area contributed by atoms with E-state index in [-0.39, 0.29) is 0 Å². The van der Waals surface area contributed by atoms with Gasteiger partial charge < -0.3 is 9.47 Å². The summed E-state index contributed by atoms with van der Waals surface area (Å²) in [6, 6.07) is 14.4. The molecule has 1 aliphatic rings. The summed E-state index contributed by atoms with van der Waals surface area (Å²) < 4.78 is 11.6. The monoisotopic (exact) mass is 316 g/mol. The Hall–Kier alpha value is -1.52. The molecule has 108 valence electrons. The minimum atomic E-state index is 0.331. The number of methoxy groups -OCH3 is 2. The van der Waals surface area contributed by atoms with E-state index >= 15 is 0 Å². The Morgan fingerprint density at radius 1 is 1.00 bits per heavy atom. The highest BCUT2D eigenvalue weighted by Crippen LogP contribution is 2.39. The van der Waals surface area contributed by atoms with Crippen molar-refractivity contribution in [3.8, 4) is 11.5 Å². The average Bonchev–Trinajstić information content (AvgIpc) is 2.55. The van der Waals surface area contributed by atoms with Gasteiger partial charge in [-0.15, -0.1) is 11.8 Å². The topological polar surface area (TPSA) is 18.5 Å². The molecule has 0 radical (unpaired) electrons. The number of benzene rings is 2. The number of thiocarbonyl (C=S) groups is 1. The molecule has 2 aromatic carbocycles. The van der Waals surface area contributed by atoms with Crippen LogP contribution < -0.4 is 9.47 Å². The zero-order valence-electron chi connectivity index (χ0n) is 12.0. The van der Waals surface area contributed by atoms with Crippen molar-refractivity contribution in [3.05, 3.63) is 59.2 Å². The molecule has 4 heteroatoms. The molecule has 1 aliphatic heterocycles. The number of thioether (sulfide) groups is 1. The maximum atomic E-state index is 5.48. The minimum absolute atomic E-state index is 0.331. The van der Waals surface area contributed by atoms with Crippen LogP contribution in [-0.4, -0.2) is 24.2 Å². The number of hydrogen-bond donors (Lipinski definition) is 0. The fourth-order valence-corrected chi connectivity index (χ4v) is 4.00. The van der Waals surface area contributed by atoms with Crippen LogP contribution in [0.1, 0.15) is 22.6 Å². The first-order valence-electron chi connectivity index (χ1n) is 6.72. The van der Waals surface area contributed by atoms with Gasteiger partial charge in [-0.2, -0.15) is 0 Å². The van der Waals surface area contributed by atoms with Crippen LogP contribution in [0.25, 0.3) is 0 Å². The van der Waals surface area contributed by atoms with Crippen LogP contribution in [0, 0.1) is 0 Å². The second-order valence-corrected chi connectivity index (χ2v) is 6.57. The van der Waals surface area contributed by atoms with Gasteiger partial charge in [0.1, 0.15) is 11.5 Å². The summed E-state index contributed by atoms with van der Waals surface area (Å²) >= 11 is 7.23. The van der Waals surface area contributed by atoms with Gasteiger partial charge in [-0.3, -0.25) is 0 Å². The molecule has 1 atom stereocenters. The number of ether oxygens (including phenoxy) is 2. The molecule has 3 rings (SSSR count). The van der Waals surface area contributed by atoms with Crippen molar-refractivity contribution in [3.63, 3.8) is 0 Å². The van der Waals surface area contributed by atoms with Gasteiger partial charge >= 0.3 is 0 Å². The molecule has 0 aromatic heterocycles. The zero-order valence-corrected chi connectivity index (χ0v) is 13.6. The largest absolute Gasteiger partial charge is 0.497 e. The van der Waals surface area contributed by atoms with Gasteiger partial charge in [-0.1, -0.05) is 24.4 Å². The van der Waals surface area contributed by atoms with Crippen molar-refractivity contribution in [2.24, 2.45) is 0 Å². The Bertz CT molecular complexity index is 665. The first-order chi connectivity index (χ1) is 10.2. The Kier molecular flexibility index (Phi) is 4.17. The van der Waals surface area contributed by atoms with E-state index in [4.69, 9.17) is 21.7 Å². The van der Waals surface area contributed by atoms with Gasteiger partial charge in [0.15, 0.2) is 0 Å². The smallest absolute Gasteiger partial charge is 0.119 e. The highest BCUT2D eigenvalue weighted by atomic mass is 32.2. The molecule has 0 spiro atoms. The lowest BCUT2D eigenvalue weighted by Crippen LogP contribution is -2.16. The predicted octanol–water partition coefficient (Wildman–Crippen LogP) is 4.26. The van der Waals surface area contributed by atoms with E-state index in [2.05, 4.69) is 24.3 Å². The lowest BCUT2D eigenvalue weighted by Gasteiger charge is -2.26. The highest BCUT2D eigenvalue weighted by molar-refractivity contribution is 8.23. The van der Waals surface area contributed by atoms with E-state index in [0.29, 0.717) is 5.92 Å². The summed E-state index contributed by atoms with van der Waals surface area (Å²) in [4.78, 5) is 0. The molecule has 0 amide bonds. The summed E-state index contributed by atoms with van der Waals surface area (Å²) in [7, 11) is 3.38. The number of hydrogen-bond acceptors (Lipinski definition) is 4. The van der Waals surface area contributed by atoms with E-state index < -0.39 is 0 Å². The van der Waals surface area contributed by atoms with Crippen molar-refractivity contribution in [2.75, 3.05) is 20.0 Å². The standard InChI is InChI=1S/C17H16O2S2/c1-18-12-5-3-11(4-6-12)16-10-21-17(20)14-8-7-13(19-2)9-15(14)16/h3-9,16H,10H2,1-2H3. The van der Waals surface area contributed by atoms with Crippen LogP contribution >= 0.6 is 24.0 Å². The van der Waals surface area contributed by atoms with Crippen molar-refractivity contribution in [2.45, 2.75) is 5.92 Å². The summed E-state index contributed by atoms with van der Waals surface area (Å²) in [6.07, 6.45) is 0. The highest BCUT2D eigenvalue weighted by Gasteiger charge is 2.25. The summed E-state index contributed by atoms with van der Waals surface area (Å²) in [6.45, 7) is 0. The third-order valence-electron chi connectivity index (χ3n) is 3.75. The van der Waals surface area contributed by atoms with Crippen LogP contribution in [0.5, 0.6) is 11.5 Å². The summed E-state index contributed by atoms with van der Waals surface area (Å²) in [5.74, 6) is 3.05. The molecule has 2 aromatic rings. The molecule has 0 bridgehead atoms. The quantitative estimate of drug-likeness (QED) is 0.787. The molecular formula is C17H16O2S2. The van der Waals surface area contributed by atoms with Crippen LogP contribution in [0.3, 0.4) is 0 Å². The van der Waals surface area contributed by atoms with E-state index in [0.717, 1.165) is 27.0 Å². The Morgan fingerprint density at radius 2 is 1.67 bits per heavy atom. The molecule has 21 heavy (non-hydrogen) atoms. The van der Waals surface area contributed by atoms with Gasteiger partial charge in [0.05, 0.1) is 18.4 Å². The third kappa shape index (κ3) is 2.78. The molecule has 1 unspecified atom stereocenters. The summed E-state index contributed by atoms with van der Waals surface area (Å²) in [5, 5.41) is 0. The van der Waals surface area contributed by atoms with Crippen LogP contribution in [0.4, 0.5) is 0 Å².